The van der Waals surface area contributed by atoms with Crippen LogP contribution in [0.2, 0.25) is 18.1 Å². The predicted molar refractivity (Wildman–Crippen MR) is 73.7 cm³/mol. The zero-order valence-corrected chi connectivity index (χ0v) is 13.5. The Balaban J connectivity index is 2.74. The first-order valence-electron chi connectivity index (χ1n) is 6.47. The number of rotatable bonds is 4. The van der Waals surface area contributed by atoms with Crippen molar-refractivity contribution in [3.63, 3.8) is 0 Å². The Morgan fingerprint density at radius 2 is 1.94 bits per heavy atom. The van der Waals surface area contributed by atoms with Crippen LogP contribution in [0.1, 0.15) is 41.0 Å². The second kappa shape index (κ2) is 4.77. The number of Topliss-reactive ketones (excluding diaryl/α,β-unsaturated/α-hetero) is 1. The molecule has 1 saturated heterocycles. The Kier molecular flexibility index (Phi) is 4.08. The molecule has 0 aromatic rings. The van der Waals surface area contributed by atoms with E-state index in [0.717, 1.165) is 0 Å². The molecule has 1 amide bonds. The van der Waals surface area contributed by atoms with Crippen LogP contribution in [0.15, 0.2) is 0 Å². The minimum absolute atomic E-state index is 0.0152. The molecule has 1 rings (SSSR count). The molecular weight excluding hydrogens is 246 g/mol. The zero-order chi connectivity index (χ0) is 14.3. The van der Waals surface area contributed by atoms with Gasteiger partial charge < -0.3 is 9.33 Å². The smallest absolute Gasteiger partial charge is 0.227 e. The van der Waals surface area contributed by atoms with Crippen LogP contribution in [-0.2, 0) is 14.0 Å². The summed E-state index contributed by atoms with van der Waals surface area (Å²) in [5, 5.41) is 0.0981. The number of amides is 1. The van der Waals surface area contributed by atoms with Gasteiger partial charge in [-0.2, -0.15) is 0 Å². The van der Waals surface area contributed by atoms with Crippen LogP contribution in [0.5, 0.6) is 0 Å². The van der Waals surface area contributed by atoms with Gasteiger partial charge in [0.2, 0.25) is 5.91 Å². The van der Waals surface area contributed by atoms with E-state index in [9.17, 15) is 9.59 Å². The van der Waals surface area contributed by atoms with Crippen LogP contribution in [0.4, 0.5) is 0 Å². The highest BCUT2D eigenvalue weighted by Crippen LogP contribution is 2.38. The summed E-state index contributed by atoms with van der Waals surface area (Å²) in [4.78, 5) is 24.6. The standard InChI is InChI=1S/C13H25NO3Si/c1-9(15)11-8-12(16)14(11)10(2)17-18(6,7)13(3,4)5/h10-11H,8H2,1-7H3/t10?,11-/m1/s1. The van der Waals surface area contributed by atoms with E-state index in [1.54, 1.807) is 4.90 Å². The van der Waals surface area contributed by atoms with Crippen molar-refractivity contribution >= 4 is 20.0 Å². The molecule has 1 fully saturated rings. The van der Waals surface area contributed by atoms with Crippen molar-refractivity contribution in [3.8, 4) is 0 Å². The lowest BCUT2D eigenvalue weighted by Gasteiger charge is -2.47. The van der Waals surface area contributed by atoms with Gasteiger partial charge in [0, 0.05) is 0 Å². The number of carbonyl (C=O) groups is 2. The molecule has 0 aromatic heterocycles. The maximum absolute atomic E-state index is 11.6. The van der Waals surface area contributed by atoms with Crippen LogP contribution >= 0.6 is 0 Å². The quantitative estimate of drug-likeness (QED) is 0.583. The molecule has 0 spiro atoms. The number of ketones is 1. The second-order valence-electron chi connectivity index (χ2n) is 6.61. The monoisotopic (exact) mass is 271 g/mol. The van der Waals surface area contributed by atoms with E-state index in [-0.39, 0.29) is 29.0 Å². The minimum atomic E-state index is -1.91. The molecule has 0 aliphatic carbocycles. The van der Waals surface area contributed by atoms with E-state index in [4.69, 9.17) is 4.43 Å². The summed E-state index contributed by atoms with van der Waals surface area (Å²) < 4.78 is 6.15. The number of hydrogen-bond donors (Lipinski definition) is 0. The molecule has 1 aliphatic rings. The Morgan fingerprint density at radius 3 is 2.28 bits per heavy atom. The molecular formula is C13H25NO3Si. The third-order valence-electron chi connectivity index (χ3n) is 4.12. The topological polar surface area (TPSA) is 46.6 Å². The highest BCUT2D eigenvalue weighted by Gasteiger charge is 2.46. The number of β-lactam (4-membered cyclic amide) rings is 1. The Bertz CT molecular complexity index is 360. The Morgan fingerprint density at radius 1 is 1.44 bits per heavy atom. The largest absolute Gasteiger partial charge is 0.397 e. The summed E-state index contributed by atoms with van der Waals surface area (Å²) in [6.07, 6.45) is 0.0293. The molecule has 0 bridgehead atoms. The van der Waals surface area contributed by atoms with Gasteiger partial charge in [-0.1, -0.05) is 20.8 Å². The normalized spacial score (nSPS) is 22.7. The van der Waals surface area contributed by atoms with Crippen molar-refractivity contribution in [2.75, 3.05) is 0 Å². The SMILES string of the molecule is CC(=O)[C@H]1CC(=O)N1C(C)O[Si](C)(C)C(C)(C)C. The molecule has 4 nitrogen and oxygen atoms in total. The summed E-state index contributed by atoms with van der Waals surface area (Å²) in [6, 6.07) is -0.280. The summed E-state index contributed by atoms with van der Waals surface area (Å²) in [5.41, 5.74) is 0. The first-order valence-corrected chi connectivity index (χ1v) is 9.37. The molecule has 1 heterocycles. The molecule has 18 heavy (non-hydrogen) atoms. The third kappa shape index (κ3) is 2.83. The maximum atomic E-state index is 11.6. The van der Waals surface area contributed by atoms with Crippen molar-refractivity contribution < 1.29 is 14.0 Å². The zero-order valence-electron chi connectivity index (χ0n) is 12.5. The van der Waals surface area contributed by atoms with Gasteiger partial charge in [-0.25, -0.2) is 0 Å². The van der Waals surface area contributed by atoms with Crippen LogP contribution in [0, 0.1) is 0 Å². The average Bonchev–Trinajstić information content (AvgIpc) is 2.10. The minimum Gasteiger partial charge on any atom is -0.397 e. The first kappa shape index (κ1) is 15.4. The van der Waals surface area contributed by atoms with Crippen molar-refractivity contribution in [1.82, 2.24) is 4.90 Å². The first-order chi connectivity index (χ1) is 7.97. The van der Waals surface area contributed by atoms with Crippen molar-refractivity contribution in [1.29, 1.82) is 0 Å². The second-order valence-corrected chi connectivity index (χ2v) is 11.4. The molecule has 0 aromatic carbocycles. The van der Waals surface area contributed by atoms with Gasteiger partial charge in [0.25, 0.3) is 0 Å². The van der Waals surface area contributed by atoms with E-state index >= 15 is 0 Å². The molecule has 104 valence electrons. The van der Waals surface area contributed by atoms with Gasteiger partial charge in [-0.15, -0.1) is 0 Å². The number of hydrogen-bond acceptors (Lipinski definition) is 3. The highest BCUT2D eigenvalue weighted by molar-refractivity contribution is 6.74. The predicted octanol–water partition coefficient (Wildman–Crippen LogP) is 2.54. The van der Waals surface area contributed by atoms with Crippen molar-refractivity contribution in [2.45, 2.75) is 71.4 Å². The number of likely N-dealkylation sites (tertiary alicyclic amines) is 1. The fourth-order valence-electron chi connectivity index (χ4n) is 1.89. The van der Waals surface area contributed by atoms with E-state index in [1.807, 2.05) is 6.92 Å². The fourth-order valence-corrected chi connectivity index (χ4v) is 3.21. The molecule has 1 aliphatic heterocycles. The van der Waals surface area contributed by atoms with Gasteiger partial charge in [0.05, 0.1) is 6.42 Å². The van der Waals surface area contributed by atoms with Crippen LogP contribution in [-0.4, -0.2) is 37.2 Å². The van der Waals surface area contributed by atoms with Crippen molar-refractivity contribution in [3.05, 3.63) is 0 Å². The Hall–Kier alpha value is -0.683. The number of carbonyl (C=O) groups excluding carboxylic acids is 2. The van der Waals surface area contributed by atoms with Gasteiger partial charge in [-0.3, -0.25) is 9.59 Å². The molecule has 1 unspecified atom stereocenters. The van der Waals surface area contributed by atoms with Gasteiger partial charge in [0.1, 0.15) is 12.3 Å². The summed E-state index contributed by atoms with van der Waals surface area (Å²) >= 11 is 0. The lowest BCUT2D eigenvalue weighted by atomic mass is 9.98. The van der Waals surface area contributed by atoms with Crippen LogP contribution < -0.4 is 0 Å². The lowest BCUT2D eigenvalue weighted by Crippen LogP contribution is -2.62. The van der Waals surface area contributed by atoms with E-state index in [0.29, 0.717) is 6.42 Å². The lowest BCUT2D eigenvalue weighted by molar-refractivity contribution is -0.164. The van der Waals surface area contributed by atoms with E-state index in [1.165, 1.54) is 6.92 Å². The molecule has 0 radical (unpaired) electrons. The highest BCUT2D eigenvalue weighted by atomic mass is 28.4. The summed E-state index contributed by atoms with van der Waals surface area (Å²) in [6.45, 7) is 14.2. The molecule has 5 heteroatoms. The summed E-state index contributed by atoms with van der Waals surface area (Å²) in [5.74, 6) is 0.0571. The third-order valence-corrected chi connectivity index (χ3v) is 8.67. The molecule has 2 atom stereocenters. The van der Waals surface area contributed by atoms with Gasteiger partial charge >= 0.3 is 0 Å². The summed E-state index contributed by atoms with van der Waals surface area (Å²) in [7, 11) is -1.91. The molecule has 0 saturated carbocycles. The van der Waals surface area contributed by atoms with Crippen LogP contribution in [0.3, 0.4) is 0 Å². The van der Waals surface area contributed by atoms with Crippen LogP contribution in [0.25, 0.3) is 0 Å². The number of nitrogens with zero attached hydrogens (tertiary/aromatic N) is 1. The Labute approximate surface area is 111 Å². The molecule has 0 N–H and O–H groups in total. The van der Waals surface area contributed by atoms with Gasteiger partial charge in [0.15, 0.2) is 14.1 Å². The van der Waals surface area contributed by atoms with E-state index in [2.05, 4.69) is 33.9 Å². The van der Waals surface area contributed by atoms with E-state index < -0.39 is 8.32 Å². The van der Waals surface area contributed by atoms with Crippen molar-refractivity contribution in [2.24, 2.45) is 0 Å². The van der Waals surface area contributed by atoms with Gasteiger partial charge in [-0.05, 0) is 32.0 Å². The average molecular weight is 271 g/mol. The fraction of sp³-hybridized carbons (Fsp3) is 0.846. The maximum Gasteiger partial charge on any atom is 0.227 e.